The summed E-state index contributed by atoms with van der Waals surface area (Å²) in [6.07, 6.45) is 0. The van der Waals surface area contributed by atoms with Crippen molar-refractivity contribution in [2.75, 3.05) is 5.32 Å². The molecule has 31 heavy (non-hydrogen) atoms. The Kier molecular flexibility index (Phi) is 6.00. The number of carbonyl (C=O) groups excluding carboxylic acids is 1. The molecular formula is C25H23BrN4O. The first-order chi connectivity index (χ1) is 14.9. The van der Waals surface area contributed by atoms with Gasteiger partial charge in [-0.1, -0.05) is 71.7 Å². The molecule has 1 aromatic heterocycles. The number of hydrogen-bond donors (Lipinski definition) is 1. The highest BCUT2D eigenvalue weighted by atomic mass is 79.9. The third-order valence-electron chi connectivity index (χ3n) is 4.97. The van der Waals surface area contributed by atoms with E-state index in [1.54, 1.807) is 4.68 Å². The minimum Gasteiger partial charge on any atom is -0.319 e. The van der Waals surface area contributed by atoms with Gasteiger partial charge < -0.3 is 5.32 Å². The second kappa shape index (κ2) is 8.86. The van der Waals surface area contributed by atoms with Gasteiger partial charge in [-0.2, -0.15) is 0 Å². The number of para-hydroxylation sites is 1. The molecule has 0 saturated carbocycles. The van der Waals surface area contributed by atoms with Crippen LogP contribution < -0.4 is 5.32 Å². The van der Waals surface area contributed by atoms with E-state index in [2.05, 4.69) is 45.2 Å². The molecule has 6 heteroatoms. The number of nitrogens with one attached hydrogen (secondary N) is 1. The molecule has 1 amide bonds. The molecule has 0 saturated heterocycles. The highest BCUT2D eigenvalue weighted by Crippen LogP contribution is 2.28. The lowest BCUT2D eigenvalue weighted by Crippen LogP contribution is -2.16. The highest BCUT2D eigenvalue weighted by Gasteiger charge is 2.20. The maximum Gasteiger partial charge on any atom is 0.295 e. The Hall–Kier alpha value is -3.25. The van der Waals surface area contributed by atoms with Gasteiger partial charge in [0.15, 0.2) is 5.82 Å². The van der Waals surface area contributed by atoms with Gasteiger partial charge in [-0.05, 0) is 54.8 Å². The Bertz CT molecular complexity index is 1230. The van der Waals surface area contributed by atoms with E-state index in [4.69, 9.17) is 0 Å². The summed E-state index contributed by atoms with van der Waals surface area (Å²) in [5.74, 6) is 0.663. The monoisotopic (exact) mass is 474 g/mol. The second-order valence-electron chi connectivity index (χ2n) is 7.72. The average molecular weight is 475 g/mol. The predicted molar refractivity (Wildman–Crippen MR) is 128 cm³/mol. The third kappa shape index (κ3) is 4.59. The van der Waals surface area contributed by atoms with E-state index in [1.165, 1.54) is 0 Å². The lowest BCUT2D eigenvalue weighted by molar-refractivity contribution is 0.101. The molecule has 0 bridgehead atoms. The molecule has 1 N–H and O–H groups in total. The standard InChI is InChI=1S/C25H23BrN4O/c1-16(2)21-15-19(26)12-13-22(21)27-25(31)23-28-24(18-9-7-8-17(3)14-18)30(29-23)20-10-5-4-6-11-20/h4-16H,1-3H3,(H,27,31). The number of hydrogen-bond acceptors (Lipinski definition) is 3. The number of aryl methyl sites for hydroxylation is 1. The quantitative estimate of drug-likeness (QED) is 0.364. The second-order valence-corrected chi connectivity index (χ2v) is 8.63. The molecule has 0 aliphatic carbocycles. The summed E-state index contributed by atoms with van der Waals surface area (Å²) in [6.45, 7) is 6.21. The molecule has 3 aromatic carbocycles. The van der Waals surface area contributed by atoms with Crippen LogP contribution in [0.3, 0.4) is 0 Å². The van der Waals surface area contributed by atoms with Crippen molar-refractivity contribution >= 4 is 27.5 Å². The number of benzene rings is 3. The van der Waals surface area contributed by atoms with Crippen LogP contribution in [0.15, 0.2) is 77.3 Å². The van der Waals surface area contributed by atoms with Crippen molar-refractivity contribution < 1.29 is 4.79 Å². The first-order valence-electron chi connectivity index (χ1n) is 10.1. The fraction of sp³-hybridized carbons (Fsp3) is 0.160. The van der Waals surface area contributed by atoms with Crippen molar-refractivity contribution in [3.63, 3.8) is 0 Å². The number of aromatic nitrogens is 3. The first kappa shape index (κ1) is 21.0. The summed E-state index contributed by atoms with van der Waals surface area (Å²) in [6, 6.07) is 23.6. The zero-order chi connectivity index (χ0) is 22.0. The van der Waals surface area contributed by atoms with Crippen molar-refractivity contribution in [1.29, 1.82) is 0 Å². The number of amides is 1. The van der Waals surface area contributed by atoms with Crippen LogP contribution in [0.2, 0.25) is 0 Å². The van der Waals surface area contributed by atoms with Gasteiger partial charge in [-0.15, -0.1) is 5.10 Å². The number of halogens is 1. The van der Waals surface area contributed by atoms with Gasteiger partial charge >= 0.3 is 0 Å². The average Bonchev–Trinajstić information content (AvgIpc) is 3.21. The van der Waals surface area contributed by atoms with Crippen LogP contribution >= 0.6 is 15.9 Å². The molecule has 0 spiro atoms. The van der Waals surface area contributed by atoms with E-state index in [-0.39, 0.29) is 17.6 Å². The maximum atomic E-state index is 13.1. The fourth-order valence-electron chi connectivity index (χ4n) is 3.43. The van der Waals surface area contributed by atoms with Crippen molar-refractivity contribution in [2.24, 2.45) is 0 Å². The molecular weight excluding hydrogens is 452 g/mol. The van der Waals surface area contributed by atoms with E-state index in [1.807, 2.05) is 79.7 Å². The summed E-state index contributed by atoms with van der Waals surface area (Å²) in [5, 5.41) is 7.55. The van der Waals surface area contributed by atoms with Crippen molar-refractivity contribution in [2.45, 2.75) is 26.7 Å². The summed E-state index contributed by atoms with van der Waals surface area (Å²) >= 11 is 3.51. The molecule has 0 aliphatic heterocycles. The number of rotatable bonds is 5. The lowest BCUT2D eigenvalue weighted by Gasteiger charge is -2.13. The summed E-state index contributed by atoms with van der Waals surface area (Å²) in [7, 11) is 0. The maximum absolute atomic E-state index is 13.1. The van der Waals surface area contributed by atoms with Gasteiger partial charge in [0.1, 0.15) is 0 Å². The molecule has 0 unspecified atom stereocenters. The Morgan fingerprint density at radius 2 is 1.77 bits per heavy atom. The van der Waals surface area contributed by atoms with Crippen molar-refractivity contribution in [3.05, 3.63) is 94.2 Å². The van der Waals surface area contributed by atoms with E-state index >= 15 is 0 Å². The van der Waals surface area contributed by atoms with Gasteiger partial charge in [0.25, 0.3) is 5.91 Å². The Balaban J connectivity index is 1.75. The van der Waals surface area contributed by atoms with Gasteiger partial charge in [0, 0.05) is 15.7 Å². The minimum atomic E-state index is -0.340. The molecule has 4 aromatic rings. The number of nitrogens with zero attached hydrogens (tertiary/aromatic N) is 3. The predicted octanol–water partition coefficient (Wildman–Crippen LogP) is 6.38. The third-order valence-corrected chi connectivity index (χ3v) is 5.46. The largest absolute Gasteiger partial charge is 0.319 e. The molecule has 0 aliphatic rings. The van der Waals surface area contributed by atoms with E-state index in [0.717, 1.165) is 32.5 Å². The van der Waals surface area contributed by atoms with Gasteiger partial charge in [0.05, 0.1) is 5.69 Å². The van der Waals surface area contributed by atoms with Crippen LogP contribution in [-0.4, -0.2) is 20.7 Å². The van der Waals surface area contributed by atoms with Gasteiger partial charge in [-0.25, -0.2) is 9.67 Å². The van der Waals surface area contributed by atoms with Gasteiger partial charge in [-0.3, -0.25) is 4.79 Å². The van der Waals surface area contributed by atoms with E-state index in [9.17, 15) is 4.79 Å². The zero-order valence-corrected chi connectivity index (χ0v) is 19.2. The SMILES string of the molecule is Cc1cccc(-c2nc(C(=O)Nc3ccc(Br)cc3C(C)C)nn2-c2ccccc2)c1. The lowest BCUT2D eigenvalue weighted by atomic mass is 10.0. The number of carbonyl (C=O) groups is 1. The first-order valence-corrected chi connectivity index (χ1v) is 10.9. The van der Waals surface area contributed by atoms with E-state index < -0.39 is 0 Å². The summed E-state index contributed by atoms with van der Waals surface area (Å²) < 4.78 is 2.69. The smallest absolute Gasteiger partial charge is 0.295 e. The normalized spacial score (nSPS) is 11.0. The van der Waals surface area contributed by atoms with Crippen molar-refractivity contribution in [3.8, 4) is 17.1 Å². The molecule has 1 heterocycles. The van der Waals surface area contributed by atoms with Gasteiger partial charge in [0.2, 0.25) is 5.82 Å². The Morgan fingerprint density at radius 1 is 1.00 bits per heavy atom. The summed E-state index contributed by atoms with van der Waals surface area (Å²) in [4.78, 5) is 17.7. The van der Waals surface area contributed by atoms with Crippen LogP contribution in [0.25, 0.3) is 17.1 Å². The van der Waals surface area contributed by atoms with Crippen LogP contribution in [0.5, 0.6) is 0 Å². The van der Waals surface area contributed by atoms with E-state index in [0.29, 0.717) is 5.82 Å². The molecule has 5 nitrogen and oxygen atoms in total. The minimum absolute atomic E-state index is 0.123. The van der Waals surface area contributed by atoms with Crippen LogP contribution in [-0.2, 0) is 0 Å². The zero-order valence-electron chi connectivity index (χ0n) is 17.6. The topological polar surface area (TPSA) is 59.8 Å². The van der Waals surface area contributed by atoms with Crippen LogP contribution in [0.4, 0.5) is 5.69 Å². The molecule has 0 atom stereocenters. The highest BCUT2D eigenvalue weighted by molar-refractivity contribution is 9.10. The van der Waals surface area contributed by atoms with Crippen molar-refractivity contribution in [1.82, 2.24) is 14.8 Å². The van der Waals surface area contributed by atoms with Crippen LogP contribution in [0.1, 0.15) is 41.5 Å². The molecule has 0 fully saturated rings. The molecule has 0 radical (unpaired) electrons. The molecule has 156 valence electrons. The fourth-order valence-corrected chi connectivity index (χ4v) is 3.81. The Labute approximate surface area is 190 Å². The van der Waals surface area contributed by atoms with Crippen LogP contribution in [0, 0.1) is 6.92 Å². The molecule has 4 rings (SSSR count). The summed E-state index contributed by atoms with van der Waals surface area (Å²) in [5.41, 5.74) is 4.67. The number of anilines is 1. The Morgan fingerprint density at radius 3 is 2.48 bits per heavy atom.